The summed E-state index contributed by atoms with van der Waals surface area (Å²) in [6.45, 7) is 4.73. The molecule has 1 heterocycles. The minimum Gasteiger partial charge on any atom is -0.310 e. The van der Waals surface area contributed by atoms with E-state index in [0.29, 0.717) is 0 Å². The Morgan fingerprint density at radius 1 is 0.340 bits per heavy atom. The van der Waals surface area contributed by atoms with Gasteiger partial charge in [0, 0.05) is 28.2 Å². The van der Waals surface area contributed by atoms with Crippen LogP contribution >= 0.6 is 0 Å². The second kappa shape index (κ2) is 13.5. The first kappa shape index (κ1) is 32.3. The number of fused-ring (bicyclic) bond motifs is 2. The van der Waals surface area contributed by atoms with Gasteiger partial charge in [0.25, 0.3) is 0 Å². The van der Waals surface area contributed by atoms with Gasteiger partial charge < -0.3 is 9.80 Å². The van der Waals surface area contributed by atoms with Crippen LogP contribution in [-0.2, 0) is 5.41 Å². The summed E-state index contributed by atoms with van der Waals surface area (Å²) in [5, 5.41) is 0. The lowest BCUT2D eigenvalue weighted by Gasteiger charge is -2.42. The van der Waals surface area contributed by atoms with Crippen molar-refractivity contribution in [1.82, 2.24) is 0 Å². The molecule has 0 atom stereocenters. The van der Waals surface area contributed by atoms with Crippen LogP contribution in [0.2, 0.25) is 0 Å². The van der Waals surface area contributed by atoms with Crippen molar-refractivity contribution in [2.24, 2.45) is 0 Å². The third kappa shape index (κ3) is 5.99. The Balaban J connectivity index is 1.11. The summed E-state index contributed by atoms with van der Waals surface area (Å²) in [7, 11) is 0. The number of para-hydroxylation sites is 2. The molecule has 0 saturated heterocycles. The second-order valence-corrected chi connectivity index (χ2v) is 14.3. The lowest BCUT2D eigenvalue weighted by Crippen LogP contribution is -2.30. The average Bonchev–Trinajstić information content (AvgIpc) is 3.23. The maximum Gasteiger partial charge on any atom is 0.0508 e. The van der Waals surface area contributed by atoms with E-state index in [0.717, 1.165) is 22.7 Å². The van der Waals surface area contributed by atoms with Gasteiger partial charge in [0.2, 0.25) is 0 Å². The molecule has 0 unspecified atom stereocenters. The van der Waals surface area contributed by atoms with E-state index in [-0.39, 0.29) is 5.41 Å². The van der Waals surface area contributed by atoms with Gasteiger partial charge in [0.1, 0.15) is 0 Å². The minimum atomic E-state index is -0.213. The van der Waals surface area contributed by atoms with E-state index in [1.807, 2.05) is 0 Å². The first-order valence-electron chi connectivity index (χ1n) is 18.4. The number of anilines is 6. The molecule has 9 rings (SSSR count). The first-order valence-corrected chi connectivity index (χ1v) is 18.4. The zero-order chi connectivity index (χ0) is 35.8. The maximum absolute atomic E-state index is 2.44. The number of hydrogen-bond donors (Lipinski definition) is 0. The highest BCUT2D eigenvalue weighted by molar-refractivity contribution is 5.90. The molecule has 0 bridgehead atoms. The van der Waals surface area contributed by atoms with Gasteiger partial charge in [-0.15, -0.1) is 0 Å². The Bertz CT molecular complexity index is 2510. The van der Waals surface area contributed by atoms with E-state index >= 15 is 0 Å². The summed E-state index contributed by atoms with van der Waals surface area (Å²) in [6, 6.07) is 74.5. The van der Waals surface area contributed by atoms with Gasteiger partial charge in [0.05, 0.1) is 11.4 Å². The molecule has 2 heteroatoms. The van der Waals surface area contributed by atoms with Crippen LogP contribution in [0.15, 0.2) is 206 Å². The fourth-order valence-electron chi connectivity index (χ4n) is 7.88. The van der Waals surface area contributed by atoms with E-state index in [9.17, 15) is 0 Å². The van der Waals surface area contributed by atoms with Gasteiger partial charge in [-0.2, -0.15) is 0 Å². The smallest absolute Gasteiger partial charge is 0.0508 e. The van der Waals surface area contributed by atoms with Crippen LogP contribution in [-0.4, -0.2) is 0 Å². The quantitative estimate of drug-likeness (QED) is 0.165. The summed E-state index contributed by atoms with van der Waals surface area (Å²) < 4.78 is 0. The van der Waals surface area contributed by atoms with Crippen molar-refractivity contribution >= 4 is 34.1 Å². The molecule has 53 heavy (non-hydrogen) atoms. The minimum absolute atomic E-state index is 0.213. The first-order chi connectivity index (χ1) is 26.0. The fourth-order valence-corrected chi connectivity index (χ4v) is 7.88. The standard InChI is InChI=1S/C51H40N2/c1-51(2)47-32-28-42(38-18-9-4-10-19-38)36-50(47)53(44-23-13-6-14-24-44)49-33-29-41(35-48(49)51)39-26-30-45(31-27-39)52(43-21-11-5-12-22-43)46-25-15-20-40(34-46)37-16-7-3-8-17-37/h3-36H,1-2H3. The molecule has 0 aromatic heterocycles. The average molecular weight is 681 g/mol. The summed E-state index contributed by atoms with van der Waals surface area (Å²) >= 11 is 0. The summed E-state index contributed by atoms with van der Waals surface area (Å²) in [5.41, 5.74) is 16.6. The van der Waals surface area contributed by atoms with Gasteiger partial charge in [-0.3, -0.25) is 0 Å². The van der Waals surface area contributed by atoms with Crippen LogP contribution in [0.5, 0.6) is 0 Å². The zero-order valence-electron chi connectivity index (χ0n) is 30.0. The second-order valence-electron chi connectivity index (χ2n) is 14.3. The number of benzene rings is 8. The Kier molecular flexibility index (Phi) is 8.21. The lowest BCUT2D eigenvalue weighted by molar-refractivity contribution is 0.632. The predicted molar refractivity (Wildman–Crippen MR) is 224 cm³/mol. The van der Waals surface area contributed by atoms with Crippen molar-refractivity contribution in [1.29, 1.82) is 0 Å². The van der Waals surface area contributed by atoms with Crippen LogP contribution in [0.25, 0.3) is 33.4 Å². The molecular weight excluding hydrogens is 641 g/mol. The summed E-state index contributed by atoms with van der Waals surface area (Å²) in [4.78, 5) is 4.78. The number of hydrogen-bond acceptors (Lipinski definition) is 2. The highest BCUT2D eigenvalue weighted by Gasteiger charge is 2.37. The van der Waals surface area contributed by atoms with Gasteiger partial charge in [-0.1, -0.05) is 153 Å². The van der Waals surface area contributed by atoms with Crippen molar-refractivity contribution in [2.75, 3.05) is 9.80 Å². The molecule has 1 aliphatic heterocycles. The Labute approximate surface area is 312 Å². The molecule has 0 aliphatic carbocycles. The molecule has 0 fully saturated rings. The highest BCUT2D eigenvalue weighted by atomic mass is 15.2. The van der Waals surface area contributed by atoms with E-state index in [1.165, 1.54) is 55.9 Å². The van der Waals surface area contributed by atoms with E-state index in [2.05, 4.69) is 230 Å². The van der Waals surface area contributed by atoms with E-state index < -0.39 is 0 Å². The predicted octanol–water partition coefficient (Wildman–Crippen LogP) is 14.3. The van der Waals surface area contributed by atoms with Crippen LogP contribution in [0, 0.1) is 0 Å². The van der Waals surface area contributed by atoms with Crippen LogP contribution in [0.1, 0.15) is 25.0 Å². The van der Waals surface area contributed by atoms with Crippen molar-refractivity contribution in [3.63, 3.8) is 0 Å². The molecule has 0 N–H and O–H groups in total. The molecule has 0 amide bonds. The molecule has 8 aromatic rings. The molecule has 0 saturated carbocycles. The topological polar surface area (TPSA) is 6.48 Å². The monoisotopic (exact) mass is 680 g/mol. The van der Waals surface area contributed by atoms with Gasteiger partial charge >= 0.3 is 0 Å². The van der Waals surface area contributed by atoms with Crippen LogP contribution in [0.4, 0.5) is 34.1 Å². The van der Waals surface area contributed by atoms with Crippen molar-refractivity contribution in [3.05, 3.63) is 217 Å². The Hall–Kier alpha value is -6.64. The van der Waals surface area contributed by atoms with Crippen molar-refractivity contribution < 1.29 is 0 Å². The largest absolute Gasteiger partial charge is 0.310 e. The molecule has 254 valence electrons. The van der Waals surface area contributed by atoms with Crippen LogP contribution < -0.4 is 9.80 Å². The van der Waals surface area contributed by atoms with Crippen molar-refractivity contribution in [3.8, 4) is 33.4 Å². The third-order valence-electron chi connectivity index (χ3n) is 10.6. The SMILES string of the molecule is CC1(C)c2ccc(-c3ccccc3)cc2N(c2ccccc2)c2ccc(-c3ccc(N(c4ccccc4)c4cccc(-c5ccccc5)c4)cc3)cc21. The maximum atomic E-state index is 2.44. The normalized spacial score (nSPS) is 12.8. The van der Waals surface area contributed by atoms with Gasteiger partial charge in [0.15, 0.2) is 0 Å². The molecule has 8 aromatic carbocycles. The lowest BCUT2D eigenvalue weighted by atomic mass is 9.72. The zero-order valence-corrected chi connectivity index (χ0v) is 30.0. The van der Waals surface area contributed by atoms with E-state index in [1.54, 1.807) is 0 Å². The molecular formula is C51H40N2. The van der Waals surface area contributed by atoms with Crippen LogP contribution in [0.3, 0.4) is 0 Å². The molecule has 2 nitrogen and oxygen atoms in total. The summed E-state index contributed by atoms with van der Waals surface area (Å²) in [6.07, 6.45) is 0. The highest BCUT2D eigenvalue weighted by Crippen LogP contribution is 2.53. The number of rotatable bonds is 7. The fraction of sp³-hybridized carbons (Fsp3) is 0.0588. The number of nitrogens with zero attached hydrogens (tertiary/aromatic N) is 2. The van der Waals surface area contributed by atoms with E-state index in [4.69, 9.17) is 0 Å². The molecule has 1 aliphatic rings. The van der Waals surface area contributed by atoms with Crippen molar-refractivity contribution in [2.45, 2.75) is 19.3 Å². The van der Waals surface area contributed by atoms with Gasteiger partial charge in [-0.25, -0.2) is 0 Å². The summed E-state index contributed by atoms with van der Waals surface area (Å²) in [5.74, 6) is 0. The van der Waals surface area contributed by atoms with Gasteiger partial charge in [-0.05, 0) is 111 Å². The Morgan fingerprint density at radius 3 is 1.47 bits per heavy atom. The third-order valence-corrected chi connectivity index (χ3v) is 10.6. The molecule has 0 spiro atoms. The molecule has 0 radical (unpaired) electrons. The Morgan fingerprint density at radius 2 is 0.811 bits per heavy atom.